The lowest BCUT2D eigenvalue weighted by Crippen LogP contribution is -2.51. The highest BCUT2D eigenvalue weighted by Gasteiger charge is 2.21. The van der Waals surface area contributed by atoms with Crippen molar-refractivity contribution < 1.29 is 0 Å². The maximum atomic E-state index is 3.43. The first-order valence-electron chi connectivity index (χ1n) is 7.97. The molecule has 1 N–H and O–H groups in total. The maximum Gasteiger partial charge on any atom is 0.0195 e. The number of nitrogens with zero attached hydrogens (tertiary/aromatic N) is 3. The maximum absolute atomic E-state index is 3.43. The minimum absolute atomic E-state index is 0.693. The molecule has 0 radical (unpaired) electrons. The van der Waals surface area contributed by atoms with Gasteiger partial charge in [0.05, 0.1) is 0 Å². The van der Waals surface area contributed by atoms with Gasteiger partial charge in [0.15, 0.2) is 0 Å². The molecular formula is C15H32N4. The van der Waals surface area contributed by atoms with Crippen LogP contribution >= 0.6 is 0 Å². The molecule has 2 fully saturated rings. The highest BCUT2D eigenvalue weighted by molar-refractivity contribution is 4.78. The van der Waals surface area contributed by atoms with Gasteiger partial charge < -0.3 is 15.1 Å². The summed E-state index contributed by atoms with van der Waals surface area (Å²) < 4.78 is 0. The molecule has 2 saturated heterocycles. The van der Waals surface area contributed by atoms with Crippen LogP contribution in [-0.4, -0.2) is 87.2 Å². The van der Waals surface area contributed by atoms with Gasteiger partial charge in [-0.2, -0.15) is 0 Å². The van der Waals surface area contributed by atoms with Gasteiger partial charge in [-0.05, 0) is 52.9 Å². The second-order valence-corrected chi connectivity index (χ2v) is 6.60. The van der Waals surface area contributed by atoms with Crippen molar-refractivity contribution in [3.8, 4) is 0 Å². The number of nitrogens with one attached hydrogen (secondary N) is 1. The Balaban J connectivity index is 1.66. The molecule has 0 amide bonds. The summed E-state index contributed by atoms with van der Waals surface area (Å²) in [6.07, 6.45) is 2.76. The van der Waals surface area contributed by atoms with Crippen molar-refractivity contribution in [2.75, 3.05) is 66.5 Å². The second kappa shape index (κ2) is 7.58. The van der Waals surface area contributed by atoms with Crippen LogP contribution in [0.3, 0.4) is 0 Å². The van der Waals surface area contributed by atoms with E-state index in [-0.39, 0.29) is 0 Å². The predicted molar refractivity (Wildman–Crippen MR) is 81.6 cm³/mol. The van der Waals surface area contributed by atoms with Crippen molar-refractivity contribution in [1.82, 2.24) is 20.0 Å². The SMILES string of the molecule is CC(CN(C)CC1CCN(C)CC1)N1CCNCC1. The van der Waals surface area contributed by atoms with Crippen LogP contribution in [0.4, 0.5) is 0 Å². The summed E-state index contributed by atoms with van der Waals surface area (Å²) in [7, 11) is 4.55. The summed E-state index contributed by atoms with van der Waals surface area (Å²) in [5.74, 6) is 0.913. The van der Waals surface area contributed by atoms with Crippen LogP contribution in [0.2, 0.25) is 0 Å². The Bertz CT molecular complexity index is 245. The minimum Gasteiger partial charge on any atom is -0.314 e. The van der Waals surface area contributed by atoms with Gasteiger partial charge in [0.1, 0.15) is 0 Å². The van der Waals surface area contributed by atoms with Crippen LogP contribution in [0, 0.1) is 5.92 Å². The molecule has 0 bridgehead atoms. The lowest BCUT2D eigenvalue weighted by Gasteiger charge is -2.36. The average Bonchev–Trinajstić information content (AvgIpc) is 2.42. The van der Waals surface area contributed by atoms with Crippen LogP contribution in [0.5, 0.6) is 0 Å². The monoisotopic (exact) mass is 268 g/mol. The molecule has 1 unspecified atom stereocenters. The summed E-state index contributed by atoms with van der Waals surface area (Å²) in [6, 6.07) is 0.693. The summed E-state index contributed by atoms with van der Waals surface area (Å²) >= 11 is 0. The molecule has 2 rings (SSSR count). The molecule has 0 aromatic carbocycles. The molecule has 19 heavy (non-hydrogen) atoms. The zero-order valence-corrected chi connectivity index (χ0v) is 13.1. The molecule has 0 aromatic rings. The van der Waals surface area contributed by atoms with Gasteiger partial charge in [-0.3, -0.25) is 4.90 Å². The Morgan fingerprint density at radius 2 is 1.79 bits per heavy atom. The Kier molecular flexibility index (Phi) is 6.07. The molecule has 0 aromatic heterocycles. The van der Waals surface area contributed by atoms with Gasteiger partial charge in [-0.1, -0.05) is 0 Å². The van der Waals surface area contributed by atoms with E-state index >= 15 is 0 Å². The quantitative estimate of drug-likeness (QED) is 0.786. The third-order valence-corrected chi connectivity index (χ3v) is 4.76. The van der Waals surface area contributed by atoms with Crippen LogP contribution in [0.1, 0.15) is 19.8 Å². The number of hydrogen-bond acceptors (Lipinski definition) is 4. The van der Waals surface area contributed by atoms with E-state index in [0.29, 0.717) is 6.04 Å². The van der Waals surface area contributed by atoms with Gasteiger partial charge >= 0.3 is 0 Å². The normalized spacial score (nSPS) is 25.9. The number of hydrogen-bond donors (Lipinski definition) is 1. The van der Waals surface area contributed by atoms with Gasteiger partial charge in [-0.25, -0.2) is 0 Å². The molecular weight excluding hydrogens is 236 g/mol. The van der Waals surface area contributed by atoms with Crippen LogP contribution in [0.15, 0.2) is 0 Å². The molecule has 4 heteroatoms. The van der Waals surface area contributed by atoms with E-state index in [4.69, 9.17) is 0 Å². The first-order chi connectivity index (χ1) is 9.15. The lowest BCUT2D eigenvalue weighted by molar-refractivity contribution is 0.124. The fourth-order valence-electron chi connectivity index (χ4n) is 3.45. The van der Waals surface area contributed by atoms with E-state index in [1.807, 2.05) is 0 Å². The van der Waals surface area contributed by atoms with E-state index in [0.717, 1.165) is 19.0 Å². The topological polar surface area (TPSA) is 21.8 Å². The van der Waals surface area contributed by atoms with Gasteiger partial charge in [0.25, 0.3) is 0 Å². The predicted octanol–water partition coefficient (Wildman–Crippen LogP) is 0.554. The first kappa shape index (κ1) is 15.2. The van der Waals surface area contributed by atoms with Crippen molar-refractivity contribution in [3.05, 3.63) is 0 Å². The summed E-state index contributed by atoms with van der Waals surface area (Å²) in [6.45, 7) is 12.2. The fraction of sp³-hybridized carbons (Fsp3) is 1.00. The van der Waals surface area contributed by atoms with E-state index in [9.17, 15) is 0 Å². The van der Waals surface area contributed by atoms with Gasteiger partial charge in [-0.15, -0.1) is 0 Å². The van der Waals surface area contributed by atoms with Crippen molar-refractivity contribution in [3.63, 3.8) is 0 Å². The number of piperidine rings is 1. The van der Waals surface area contributed by atoms with E-state index in [1.54, 1.807) is 0 Å². The lowest BCUT2D eigenvalue weighted by atomic mass is 9.96. The van der Waals surface area contributed by atoms with E-state index in [2.05, 4.69) is 41.0 Å². The third kappa shape index (κ3) is 5.03. The molecule has 0 saturated carbocycles. The Labute approximate surface area is 119 Å². The fourth-order valence-corrected chi connectivity index (χ4v) is 3.45. The van der Waals surface area contributed by atoms with Gasteiger partial charge in [0.2, 0.25) is 0 Å². The zero-order valence-electron chi connectivity index (χ0n) is 13.1. The number of likely N-dealkylation sites (N-methyl/N-ethyl adjacent to an activating group) is 1. The molecule has 2 heterocycles. The molecule has 2 aliphatic rings. The highest BCUT2D eigenvalue weighted by Crippen LogP contribution is 2.17. The van der Waals surface area contributed by atoms with Crippen molar-refractivity contribution in [1.29, 1.82) is 0 Å². The second-order valence-electron chi connectivity index (χ2n) is 6.60. The van der Waals surface area contributed by atoms with Crippen molar-refractivity contribution in [2.45, 2.75) is 25.8 Å². The molecule has 2 aliphatic heterocycles. The smallest absolute Gasteiger partial charge is 0.0195 e. The van der Waals surface area contributed by atoms with Crippen LogP contribution < -0.4 is 5.32 Å². The number of likely N-dealkylation sites (tertiary alicyclic amines) is 1. The molecule has 4 nitrogen and oxygen atoms in total. The standard InChI is InChI=1S/C15H32N4/c1-14(19-10-6-16-7-11-19)12-18(3)13-15-4-8-17(2)9-5-15/h14-16H,4-13H2,1-3H3. The Hall–Kier alpha value is -0.160. The van der Waals surface area contributed by atoms with Crippen LogP contribution in [-0.2, 0) is 0 Å². The van der Waals surface area contributed by atoms with E-state index in [1.165, 1.54) is 52.1 Å². The highest BCUT2D eigenvalue weighted by atomic mass is 15.2. The Morgan fingerprint density at radius 3 is 2.42 bits per heavy atom. The van der Waals surface area contributed by atoms with Gasteiger partial charge in [0, 0.05) is 45.3 Å². The number of piperazine rings is 1. The molecule has 0 aliphatic carbocycles. The summed E-state index contributed by atoms with van der Waals surface area (Å²) in [5, 5.41) is 3.43. The largest absolute Gasteiger partial charge is 0.314 e. The molecule has 112 valence electrons. The van der Waals surface area contributed by atoms with Crippen molar-refractivity contribution in [2.24, 2.45) is 5.92 Å². The average molecular weight is 268 g/mol. The summed E-state index contributed by atoms with van der Waals surface area (Å²) in [4.78, 5) is 7.64. The number of rotatable bonds is 5. The molecule has 1 atom stereocenters. The third-order valence-electron chi connectivity index (χ3n) is 4.76. The minimum atomic E-state index is 0.693. The molecule has 0 spiro atoms. The van der Waals surface area contributed by atoms with E-state index < -0.39 is 0 Å². The Morgan fingerprint density at radius 1 is 1.16 bits per heavy atom. The summed E-state index contributed by atoms with van der Waals surface area (Å²) in [5.41, 5.74) is 0. The van der Waals surface area contributed by atoms with Crippen molar-refractivity contribution >= 4 is 0 Å². The zero-order chi connectivity index (χ0) is 13.7. The first-order valence-corrected chi connectivity index (χ1v) is 7.97. The van der Waals surface area contributed by atoms with Crippen LogP contribution in [0.25, 0.3) is 0 Å².